The second-order valence-corrected chi connectivity index (χ2v) is 8.08. The SMILES string of the molecule is Clc1ccc2c(c1)[C@@H]1CC(c3ccc4ccccc4c3)=NN1[C@@H](c1ccncc1)O2. The standard InChI is InChI=1S/C25H18ClN3O/c26-20-7-8-24-21(14-20)23-15-22(19-6-5-16-3-1-2-4-18(16)13-19)28-29(23)25(30-24)17-9-11-27-12-10-17/h1-14,23,25H,15H2/t23-,25+/m0/s1. The first-order valence-electron chi connectivity index (χ1n) is 9.97. The first-order valence-corrected chi connectivity index (χ1v) is 10.3. The van der Waals surface area contributed by atoms with Crippen LogP contribution in [0.5, 0.6) is 5.75 Å². The van der Waals surface area contributed by atoms with Crippen LogP contribution in [0, 0.1) is 0 Å². The summed E-state index contributed by atoms with van der Waals surface area (Å²) in [6.07, 6.45) is 4.07. The molecule has 5 heteroatoms. The molecule has 0 N–H and O–H groups in total. The zero-order chi connectivity index (χ0) is 20.1. The number of ether oxygens (including phenoxy) is 1. The van der Waals surface area contributed by atoms with Gasteiger partial charge in [-0.25, -0.2) is 5.01 Å². The molecule has 0 saturated carbocycles. The molecule has 146 valence electrons. The maximum atomic E-state index is 6.37. The molecule has 3 heterocycles. The van der Waals surface area contributed by atoms with E-state index in [1.54, 1.807) is 12.4 Å². The third-order valence-corrected chi connectivity index (χ3v) is 6.06. The second-order valence-electron chi connectivity index (χ2n) is 7.64. The highest BCUT2D eigenvalue weighted by atomic mass is 35.5. The highest BCUT2D eigenvalue weighted by molar-refractivity contribution is 6.30. The average Bonchev–Trinajstić information content (AvgIpc) is 3.25. The fourth-order valence-electron chi connectivity index (χ4n) is 4.35. The molecule has 0 radical (unpaired) electrons. The molecule has 0 fully saturated rings. The first kappa shape index (κ1) is 17.5. The lowest BCUT2D eigenvalue weighted by Crippen LogP contribution is -2.33. The van der Waals surface area contributed by atoms with Crippen molar-refractivity contribution in [1.29, 1.82) is 0 Å². The molecule has 4 nitrogen and oxygen atoms in total. The summed E-state index contributed by atoms with van der Waals surface area (Å²) in [7, 11) is 0. The predicted molar refractivity (Wildman–Crippen MR) is 119 cm³/mol. The van der Waals surface area contributed by atoms with Crippen molar-refractivity contribution in [1.82, 2.24) is 9.99 Å². The van der Waals surface area contributed by atoms with Crippen molar-refractivity contribution in [2.24, 2.45) is 5.10 Å². The van der Waals surface area contributed by atoms with Gasteiger partial charge in [0.25, 0.3) is 0 Å². The summed E-state index contributed by atoms with van der Waals surface area (Å²) in [5, 5.41) is 10.3. The number of fused-ring (bicyclic) bond motifs is 4. The summed E-state index contributed by atoms with van der Waals surface area (Å²) in [5.41, 5.74) is 4.30. The molecule has 2 aliphatic heterocycles. The van der Waals surface area contributed by atoms with Crippen LogP contribution in [-0.2, 0) is 0 Å². The van der Waals surface area contributed by atoms with Crippen LogP contribution in [0.25, 0.3) is 10.8 Å². The van der Waals surface area contributed by atoms with Crippen LogP contribution in [0.3, 0.4) is 0 Å². The lowest BCUT2D eigenvalue weighted by Gasteiger charge is -2.38. The van der Waals surface area contributed by atoms with Crippen LogP contribution in [0.2, 0.25) is 5.02 Å². The largest absolute Gasteiger partial charge is 0.464 e. The third-order valence-electron chi connectivity index (χ3n) is 5.83. The monoisotopic (exact) mass is 411 g/mol. The van der Waals surface area contributed by atoms with Crippen molar-refractivity contribution in [2.45, 2.75) is 18.7 Å². The Kier molecular flexibility index (Phi) is 3.99. The summed E-state index contributed by atoms with van der Waals surface area (Å²) in [6.45, 7) is 0. The topological polar surface area (TPSA) is 37.7 Å². The van der Waals surface area contributed by atoms with Crippen LogP contribution < -0.4 is 4.74 Å². The minimum atomic E-state index is -0.301. The van der Waals surface area contributed by atoms with Gasteiger partial charge in [-0.2, -0.15) is 5.10 Å². The average molecular weight is 412 g/mol. The van der Waals surface area contributed by atoms with E-state index >= 15 is 0 Å². The van der Waals surface area contributed by atoms with Gasteiger partial charge in [-0.15, -0.1) is 0 Å². The maximum Gasteiger partial charge on any atom is 0.213 e. The highest BCUT2D eigenvalue weighted by Crippen LogP contribution is 2.48. The van der Waals surface area contributed by atoms with Gasteiger partial charge >= 0.3 is 0 Å². The summed E-state index contributed by atoms with van der Waals surface area (Å²) in [5.74, 6) is 0.859. The normalized spacial score (nSPS) is 19.8. The Bertz CT molecular complexity index is 1290. The van der Waals surface area contributed by atoms with E-state index in [9.17, 15) is 0 Å². The van der Waals surface area contributed by atoms with E-state index in [0.717, 1.165) is 34.6 Å². The minimum absolute atomic E-state index is 0.0760. The maximum absolute atomic E-state index is 6.37. The number of benzene rings is 3. The number of pyridine rings is 1. The first-order chi connectivity index (χ1) is 14.8. The van der Waals surface area contributed by atoms with Crippen molar-refractivity contribution >= 4 is 28.1 Å². The lowest BCUT2D eigenvalue weighted by atomic mass is 9.95. The molecule has 4 aromatic rings. The molecule has 0 spiro atoms. The number of nitrogens with zero attached hydrogens (tertiary/aromatic N) is 3. The number of aromatic nitrogens is 1. The van der Waals surface area contributed by atoms with Crippen LogP contribution in [-0.4, -0.2) is 15.7 Å². The quantitative estimate of drug-likeness (QED) is 0.398. The molecule has 2 atom stereocenters. The summed E-state index contributed by atoms with van der Waals surface area (Å²) < 4.78 is 6.37. The molecular weight excluding hydrogens is 394 g/mol. The van der Waals surface area contributed by atoms with Gasteiger partial charge in [0, 0.05) is 35.0 Å². The van der Waals surface area contributed by atoms with Gasteiger partial charge in [-0.05, 0) is 52.7 Å². The van der Waals surface area contributed by atoms with E-state index in [1.165, 1.54) is 10.8 Å². The number of rotatable bonds is 2. The molecule has 30 heavy (non-hydrogen) atoms. The van der Waals surface area contributed by atoms with Gasteiger partial charge in [0.2, 0.25) is 6.23 Å². The van der Waals surface area contributed by atoms with Crippen molar-refractivity contribution in [3.8, 4) is 5.75 Å². The predicted octanol–water partition coefficient (Wildman–Crippen LogP) is 6.13. The highest BCUT2D eigenvalue weighted by Gasteiger charge is 2.41. The zero-order valence-electron chi connectivity index (χ0n) is 16.1. The summed E-state index contributed by atoms with van der Waals surface area (Å²) >= 11 is 6.32. The smallest absolute Gasteiger partial charge is 0.213 e. The minimum Gasteiger partial charge on any atom is -0.464 e. The van der Waals surface area contributed by atoms with E-state index in [0.29, 0.717) is 5.02 Å². The fourth-order valence-corrected chi connectivity index (χ4v) is 4.53. The van der Waals surface area contributed by atoms with Crippen LogP contribution in [0.1, 0.15) is 35.4 Å². The Balaban J connectivity index is 1.46. The third kappa shape index (κ3) is 2.84. The van der Waals surface area contributed by atoms with Crippen molar-refractivity contribution in [3.05, 3.63) is 107 Å². The number of hydrazone groups is 1. The summed E-state index contributed by atoms with van der Waals surface area (Å²) in [6, 6.07) is 24.8. The Hall–Kier alpha value is -3.37. The number of halogens is 1. The van der Waals surface area contributed by atoms with Gasteiger partial charge in [0.15, 0.2) is 0 Å². The molecule has 0 saturated heterocycles. The van der Waals surface area contributed by atoms with Crippen molar-refractivity contribution in [3.63, 3.8) is 0 Å². The van der Waals surface area contributed by atoms with Crippen LogP contribution in [0.4, 0.5) is 0 Å². The zero-order valence-corrected chi connectivity index (χ0v) is 16.8. The molecule has 3 aromatic carbocycles. The van der Waals surface area contributed by atoms with Gasteiger partial charge < -0.3 is 4.74 Å². The molecule has 2 aliphatic rings. The Morgan fingerprint density at radius 2 is 1.73 bits per heavy atom. The molecular formula is C25H18ClN3O. The van der Waals surface area contributed by atoms with E-state index in [2.05, 4.69) is 52.5 Å². The van der Waals surface area contributed by atoms with Gasteiger partial charge in [0.05, 0.1) is 11.8 Å². The second kappa shape index (κ2) is 6.85. The molecule has 0 bridgehead atoms. The lowest BCUT2D eigenvalue weighted by molar-refractivity contribution is -0.0190. The number of hydrogen-bond donors (Lipinski definition) is 0. The Labute approximate surface area is 179 Å². The molecule has 0 unspecified atom stereocenters. The molecule has 6 rings (SSSR count). The van der Waals surface area contributed by atoms with Gasteiger partial charge in [-0.1, -0.05) is 48.0 Å². The van der Waals surface area contributed by atoms with E-state index < -0.39 is 0 Å². The summed E-state index contributed by atoms with van der Waals surface area (Å²) in [4.78, 5) is 4.15. The van der Waals surface area contributed by atoms with E-state index in [-0.39, 0.29) is 12.3 Å². The van der Waals surface area contributed by atoms with E-state index in [4.69, 9.17) is 21.4 Å². The number of hydrogen-bond acceptors (Lipinski definition) is 4. The van der Waals surface area contributed by atoms with Crippen LogP contribution >= 0.6 is 11.6 Å². The van der Waals surface area contributed by atoms with Crippen molar-refractivity contribution < 1.29 is 4.74 Å². The van der Waals surface area contributed by atoms with Crippen LogP contribution in [0.15, 0.2) is 90.3 Å². The Morgan fingerprint density at radius 3 is 2.60 bits per heavy atom. The molecule has 0 amide bonds. The molecule has 0 aliphatic carbocycles. The fraction of sp³-hybridized carbons (Fsp3) is 0.120. The molecule has 1 aromatic heterocycles. The van der Waals surface area contributed by atoms with Gasteiger partial charge in [-0.3, -0.25) is 4.98 Å². The van der Waals surface area contributed by atoms with E-state index in [1.807, 2.05) is 30.3 Å². The van der Waals surface area contributed by atoms with Gasteiger partial charge in [0.1, 0.15) is 5.75 Å². The van der Waals surface area contributed by atoms with Crippen molar-refractivity contribution in [2.75, 3.05) is 0 Å². The Morgan fingerprint density at radius 1 is 0.900 bits per heavy atom.